The lowest BCUT2D eigenvalue weighted by molar-refractivity contribution is 0.112. The minimum Gasteiger partial charge on any atom is -0.324 e. The van der Waals surface area contributed by atoms with E-state index in [0.29, 0.717) is 23.6 Å². The van der Waals surface area contributed by atoms with Crippen molar-refractivity contribution < 1.29 is 9.18 Å². The van der Waals surface area contributed by atoms with Crippen LogP contribution in [0.3, 0.4) is 0 Å². The second-order valence-electron chi connectivity index (χ2n) is 3.76. The summed E-state index contributed by atoms with van der Waals surface area (Å²) < 4.78 is 13.7. The van der Waals surface area contributed by atoms with Crippen molar-refractivity contribution in [3.8, 4) is 0 Å². The Morgan fingerprint density at radius 2 is 2.06 bits per heavy atom. The molecule has 0 saturated carbocycles. The highest BCUT2D eigenvalue weighted by Gasteiger charge is 2.12. The van der Waals surface area contributed by atoms with Gasteiger partial charge in [-0.3, -0.25) is 4.79 Å². The van der Waals surface area contributed by atoms with Gasteiger partial charge in [-0.1, -0.05) is 12.1 Å². The van der Waals surface area contributed by atoms with E-state index in [2.05, 4.69) is 4.98 Å². The van der Waals surface area contributed by atoms with Crippen LogP contribution in [0.15, 0.2) is 42.6 Å². The molecular weight excluding hydrogens is 231 g/mol. The molecule has 0 fully saturated rings. The van der Waals surface area contributed by atoms with E-state index < -0.39 is 0 Å². The Balaban J connectivity index is 2.39. The fourth-order valence-corrected chi connectivity index (χ4v) is 1.75. The maximum atomic E-state index is 13.7. The standard InChI is InChI=1S/C14H13FN2O/c1-2-17(13-6-4-3-5-12(13)15)14-8-7-11(10-18)9-16-14/h3-10H,2H2,1H3. The summed E-state index contributed by atoms with van der Waals surface area (Å²) in [6.45, 7) is 2.51. The molecule has 1 aromatic heterocycles. The van der Waals surface area contributed by atoms with Crippen LogP contribution in [0.25, 0.3) is 0 Å². The summed E-state index contributed by atoms with van der Waals surface area (Å²) >= 11 is 0. The van der Waals surface area contributed by atoms with E-state index >= 15 is 0 Å². The van der Waals surface area contributed by atoms with Crippen LogP contribution in [-0.2, 0) is 0 Å². The van der Waals surface area contributed by atoms with Gasteiger partial charge in [0.15, 0.2) is 6.29 Å². The Hall–Kier alpha value is -2.23. The van der Waals surface area contributed by atoms with E-state index in [9.17, 15) is 9.18 Å². The molecule has 2 rings (SSSR count). The Bertz CT molecular complexity index is 540. The van der Waals surface area contributed by atoms with Crippen LogP contribution in [0, 0.1) is 5.82 Å². The van der Waals surface area contributed by atoms with Crippen LogP contribution >= 0.6 is 0 Å². The molecular formula is C14H13FN2O. The number of hydrogen-bond acceptors (Lipinski definition) is 3. The van der Waals surface area contributed by atoms with Gasteiger partial charge in [0, 0.05) is 18.3 Å². The molecule has 0 bridgehead atoms. The summed E-state index contributed by atoms with van der Waals surface area (Å²) in [5.41, 5.74) is 0.981. The largest absolute Gasteiger partial charge is 0.324 e. The Labute approximate surface area is 105 Å². The zero-order chi connectivity index (χ0) is 13.0. The first-order chi connectivity index (χ1) is 8.76. The third-order valence-corrected chi connectivity index (χ3v) is 2.64. The van der Waals surface area contributed by atoms with Crippen molar-refractivity contribution in [2.75, 3.05) is 11.4 Å². The number of rotatable bonds is 4. The molecule has 0 spiro atoms. The summed E-state index contributed by atoms with van der Waals surface area (Å²) in [5, 5.41) is 0. The predicted molar refractivity (Wildman–Crippen MR) is 68.7 cm³/mol. The second-order valence-corrected chi connectivity index (χ2v) is 3.76. The molecule has 0 aliphatic carbocycles. The van der Waals surface area contributed by atoms with Gasteiger partial charge in [-0.2, -0.15) is 0 Å². The smallest absolute Gasteiger partial charge is 0.151 e. The minimum atomic E-state index is -0.291. The molecule has 0 amide bonds. The number of pyridine rings is 1. The van der Waals surface area contributed by atoms with Crippen LogP contribution < -0.4 is 4.90 Å². The molecule has 2 aromatic rings. The van der Waals surface area contributed by atoms with Crippen LogP contribution in [-0.4, -0.2) is 17.8 Å². The molecule has 1 heterocycles. The fraction of sp³-hybridized carbons (Fsp3) is 0.143. The third kappa shape index (κ3) is 2.37. The summed E-state index contributed by atoms with van der Waals surface area (Å²) in [4.78, 5) is 16.5. The SMILES string of the molecule is CCN(c1ccc(C=O)cn1)c1ccccc1F. The molecule has 92 valence electrons. The van der Waals surface area contributed by atoms with Gasteiger partial charge in [0.05, 0.1) is 5.69 Å². The Morgan fingerprint density at radius 3 is 2.61 bits per heavy atom. The normalized spacial score (nSPS) is 10.1. The zero-order valence-corrected chi connectivity index (χ0v) is 10.0. The highest BCUT2D eigenvalue weighted by Crippen LogP contribution is 2.25. The van der Waals surface area contributed by atoms with Crippen molar-refractivity contribution in [1.29, 1.82) is 0 Å². The fourth-order valence-electron chi connectivity index (χ4n) is 1.75. The third-order valence-electron chi connectivity index (χ3n) is 2.64. The number of para-hydroxylation sites is 1. The molecule has 0 saturated heterocycles. The maximum Gasteiger partial charge on any atom is 0.151 e. The molecule has 0 unspecified atom stereocenters. The quantitative estimate of drug-likeness (QED) is 0.774. The molecule has 0 aliphatic heterocycles. The van der Waals surface area contributed by atoms with Crippen molar-refractivity contribution in [3.05, 3.63) is 54.0 Å². The Kier molecular flexibility index (Phi) is 3.67. The molecule has 0 N–H and O–H groups in total. The van der Waals surface area contributed by atoms with Crippen molar-refractivity contribution in [2.45, 2.75) is 6.92 Å². The summed E-state index contributed by atoms with van der Waals surface area (Å²) in [6, 6.07) is 9.92. The highest BCUT2D eigenvalue weighted by atomic mass is 19.1. The first kappa shape index (κ1) is 12.2. The van der Waals surface area contributed by atoms with Crippen LogP contribution in [0.2, 0.25) is 0 Å². The summed E-state index contributed by atoms with van der Waals surface area (Å²) in [7, 11) is 0. The van der Waals surface area contributed by atoms with Gasteiger partial charge in [-0.05, 0) is 31.2 Å². The monoisotopic (exact) mass is 244 g/mol. The number of aldehydes is 1. The highest BCUT2D eigenvalue weighted by molar-refractivity contribution is 5.75. The van der Waals surface area contributed by atoms with Gasteiger partial charge in [0.2, 0.25) is 0 Å². The number of carbonyl (C=O) groups excluding carboxylic acids is 1. The van der Waals surface area contributed by atoms with Gasteiger partial charge >= 0.3 is 0 Å². The number of nitrogens with zero attached hydrogens (tertiary/aromatic N) is 2. The van der Waals surface area contributed by atoms with E-state index in [1.54, 1.807) is 35.2 Å². The van der Waals surface area contributed by atoms with Crippen LogP contribution in [0.1, 0.15) is 17.3 Å². The van der Waals surface area contributed by atoms with E-state index in [1.165, 1.54) is 12.3 Å². The van der Waals surface area contributed by atoms with Gasteiger partial charge in [-0.25, -0.2) is 9.37 Å². The zero-order valence-electron chi connectivity index (χ0n) is 10.0. The lowest BCUT2D eigenvalue weighted by Gasteiger charge is -2.22. The van der Waals surface area contributed by atoms with Gasteiger partial charge < -0.3 is 4.90 Å². The molecule has 1 aromatic carbocycles. The number of hydrogen-bond donors (Lipinski definition) is 0. The number of benzene rings is 1. The average Bonchev–Trinajstić information content (AvgIpc) is 2.42. The van der Waals surface area contributed by atoms with E-state index in [4.69, 9.17) is 0 Å². The number of anilines is 2. The van der Waals surface area contributed by atoms with E-state index in [-0.39, 0.29) is 5.82 Å². The number of halogens is 1. The summed E-state index contributed by atoms with van der Waals surface area (Å²) in [6.07, 6.45) is 2.21. The first-order valence-electron chi connectivity index (χ1n) is 5.69. The average molecular weight is 244 g/mol. The van der Waals surface area contributed by atoms with Crippen molar-refractivity contribution in [2.24, 2.45) is 0 Å². The maximum absolute atomic E-state index is 13.7. The summed E-state index contributed by atoms with van der Waals surface area (Å²) in [5.74, 6) is 0.328. The minimum absolute atomic E-state index is 0.291. The lowest BCUT2D eigenvalue weighted by Crippen LogP contribution is -2.18. The number of aromatic nitrogens is 1. The number of carbonyl (C=O) groups is 1. The first-order valence-corrected chi connectivity index (χ1v) is 5.69. The van der Waals surface area contributed by atoms with E-state index in [1.807, 2.05) is 6.92 Å². The molecule has 18 heavy (non-hydrogen) atoms. The molecule has 0 aliphatic rings. The van der Waals surface area contributed by atoms with Gasteiger partial charge in [0.25, 0.3) is 0 Å². The molecule has 0 atom stereocenters. The van der Waals surface area contributed by atoms with Crippen LogP contribution in [0.4, 0.5) is 15.9 Å². The van der Waals surface area contributed by atoms with Crippen molar-refractivity contribution >= 4 is 17.8 Å². The topological polar surface area (TPSA) is 33.2 Å². The Morgan fingerprint density at radius 1 is 1.28 bits per heavy atom. The molecule has 3 nitrogen and oxygen atoms in total. The lowest BCUT2D eigenvalue weighted by atomic mass is 10.2. The molecule has 0 radical (unpaired) electrons. The second kappa shape index (κ2) is 5.40. The molecule has 4 heteroatoms. The predicted octanol–water partition coefficient (Wildman–Crippen LogP) is 3.19. The van der Waals surface area contributed by atoms with Gasteiger partial charge in [-0.15, -0.1) is 0 Å². The van der Waals surface area contributed by atoms with Crippen LogP contribution in [0.5, 0.6) is 0 Å². The van der Waals surface area contributed by atoms with E-state index in [0.717, 1.165) is 6.29 Å². The van der Waals surface area contributed by atoms with Crippen molar-refractivity contribution in [1.82, 2.24) is 4.98 Å². The van der Waals surface area contributed by atoms with Crippen molar-refractivity contribution in [3.63, 3.8) is 0 Å². The van der Waals surface area contributed by atoms with Gasteiger partial charge in [0.1, 0.15) is 11.6 Å².